The molecule has 0 atom stereocenters. The first kappa shape index (κ1) is 17.0. The van der Waals surface area contributed by atoms with Crippen LogP contribution in [0.3, 0.4) is 0 Å². The molecule has 7 heteroatoms. The second-order valence-corrected chi connectivity index (χ2v) is 6.73. The van der Waals surface area contributed by atoms with Crippen LogP contribution in [0.2, 0.25) is 0 Å². The molecule has 0 fully saturated rings. The molecule has 0 saturated heterocycles. The van der Waals surface area contributed by atoms with E-state index in [-0.39, 0.29) is 5.82 Å². The zero-order chi connectivity index (χ0) is 17.9. The van der Waals surface area contributed by atoms with E-state index in [4.69, 9.17) is 9.72 Å². The zero-order valence-corrected chi connectivity index (χ0v) is 14.9. The van der Waals surface area contributed by atoms with E-state index in [1.807, 2.05) is 6.20 Å². The lowest BCUT2D eigenvalue weighted by Crippen LogP contribution is -2.31. The number of hydrogen-bond donors (Lipinski definition) is 0. The Morgan fingerprint density at radius 2 is 2.12 bits per heavy atom. The van der Waals surface area contributed by atoms with Crippen LogP contribution in [0.1, 0.15) is 41.9 Å². The predicted molar refractivity (Wildman–Crippen MR) is 95.9 cm³/mol. The van der Waals surface area contributed by atoms with Crippen molar-refractivity contribution in [1.82, 2.24) is 19.9 Å². The number of ether oxygens (including phenoxy) is 1. The summed E-state index contributed by atoms with van der Waals surface area (Å²) in [4.78, 5) is 20.1. The summed E-state index contributed by atoms with van der Waals surface area (Å²) in [6.07, 6.45) is 7.23. The molecular formula is C19H22FN5O. The van der Waals surface area contributed by atoms with E-state index >= 15 is 0 Å². The quantitative estimate of drug-likeness (QED) is 0.843. The average molecular weight is 355 g/mol. The number of rotatable bonds is 4. The lowest BCUT2D eigenvalue weighted by atomic mass is 10.0. The van der Waals surface area contributed by atoms with Gasteiger partial charge in [0.2, 0.25) is 5.88 Å². The third-order valence-electron chi connectivity index (χ3n) is 4.87. The van der Waals surface area contributed by atoms with Gasteiger partial charge in [-0.2, -0.15) is 0 Å². The van der Waals surface area contributed by atoms with Gasteiger partial charge in [-0.25, -0.2) is 19.3 Å². The molecule has 4 rings (SSSR count). The minimum Gasteiger partial charge on any atom is -0.481 e. The highest BCUT2D eigenvalue weighted by Gasteiger charge is 2.21. The molecule has 0 radical (unpaired) electrons. The molecule has 2 aliphatic heterocycles. The van der Waals surface area contributed by atoms with Gasteiger partial charge in [0.15, 0.2) is 5.82 Å². The number of aromatic nitrogens is 3. The van der Waals surface area contributed by atoms with Crippen LogP contribution in [0.15, 0.2) is 23.5 Å². The van der Waals surface area contributed by atoms with Crippen molar-refractivity contribution in [3.05, 3.63) is 46.9 Å². The average Bonchev–Trinajstić information content (AvgIpc) is 2.68. The Balaban J connectivity index is 1.50. The summed E-state index contributed by atoms with van der Waals surface area (Å²) in [6.45, 7) is 3.06. The fourth-order valence-electron chi connectivity index (χ4n) is 3.54. The smallest absolute Gasteiger partial charge is 0.217 e. The molecule has 0 aliphatic carbocycles. The van der Waals surface area contributed by atoms with Gasteiger partial charge in [-0.05, 0) is 25.3 Å². The highest BCUT2D eigenvalue weighted by atomic mass is 19.1. The molecule has 0 N–H and O–H groups in total. The van der Waals surface area contributed by atoms with Crippen molar-refractivity contribution < 1.29 is 9.13 Å². The molecule has 26 heavy (non-hydrogen) atoms. The molecule has 2 aliphatic rings. The fraction of sp³-hybridized carbons (Fsp3) is 0.474. The van der Waals surface area contributed by atoms with Gasteiger partial charge in [0.1, 0.15) is 5.82 Å². The van der Waals surface area contributed by atoms with Gasteiger partial charge in [-0.3, -0.25) is 9.89 Å². The van der Waals surface area contributed by atoms with Crippen LogP contribution in [0.4, 0.5) is 4.39 Å². The van der Waals surface area contributed by atoms with Gasteiger partial charge in [0.05, 0.1) is 24.7 Å². The second kappa shape index (κ2) is 7.45. The van der Waals surface area contributed by atoms with Crippen molar-refractivity contribution in [3.8, 4) is 5.88 Å². The molecule has 136 valence electrons. The van der Waals surface area contributed by atoms with Gasteiger partial charge in [0.25, 0.3) is 0 Å². The van der Waals surface area contributed by atoms with E-state index in [9.17, 15) is 4.39 Å². The Hall–Kier alpha value is -2.41. The van der Waals surface area contributed by atoms with Crippen LogP contribution < -0.4 is 4.74 Å². The molecule has 6 nitrogen and oxygen atoms in total. The summed E-state index contributed by atoms with van der Waals surface area (Å²) < 4.78 is 18.8. The molecule has 0 saturated carbocycles. The van der Waals surface area contributed by atoms with E-state index < -0.39 is 0 Å². The fourth-order valence-corrected chi connectivity index (χ4v) is 3.54. The van der Waals surface area contributed by atoms with Gasteiger partial charge in [0, 0.05) is 49.9 Å². The topological polar surface area (TPSA) is 63.5 Å². The highest BCUT2D eigenvalue weighted by molar-refractivity contribution is 5.97. The Labute approximate surface area is 152 Å². The van der Waals surface area contributed by atoms with Gasteiger partial charge >= 0.3 is 0 Å². The second-order valence-electron chi connectivity index (χ2n) is 6.73. The molecular weight excluding hydrogens is 333 g/mol. The molecule has 4 heterocycles. The van der Waals surface area contributed by atoms with E-state index in [0.29, 0.717) is 12.4 Å². The van der Waals surface area contributed by atoms with Crippen molar-refractivity contribution in [2.24, 2.45) is 4.99 Å². The van der Waals surface area contributed by atoms with Gasteiger partial charge in [-0.1, -0.05) is 0 Å². The number of halogens is 1. The van der Waals surface area contributed by atoms with E-state index in [2.05, 4.69) is 19.9 Å². The summed E-state index contributed by atoms with van der Waals surface area (Å²) in [5, 5.41) is 0. The van der Waals surface area contributed by atoms with E-state index in [1.165, 1.54) is 12.3 Å². The van der Waals surface area contributed by atoms with Crippen molar-refractivity contribution in [2.75, 3.05) is 20.2 Å². The number of hydrogen-bond acceptors (Lipinski definition) is 6. The van der Waals surface area contributed by atoms with Crippen molar-refractivity contribution in [3.63, 3.8) is 0 Å². The van der Waals surface area contributed by atoms with Crippen molar-refractivity contribution in [1.29, 1.82) is 0 Å². The van der Waals surface area contributed by atoms with Crippen LogP contribution in [0.25, 0.3) is 0 Å². The number of methoxy groups -OCH3 is 1. The maximum absolute atomic E-state index is 13.5. The van der Waals surface area contributed by atoms with Crippen LogP contribution in [-0.4, -0.2) is 45.8 Å². The zero-order valence-electron chi connectivity index (χ0n) is 14.9. The summed E-state index contributed by atoms with van der Waals surface area (Å²) in [7, 11) is 1.55. The minimum atomic E-state index is -0.348. The number of pyridine rings is 1. The predicted octanol–water partition coefficient (Wildman–Crippen LogP) is 2.55. The van der Waals surface area contributed by atoms with Crippen LogP contribution in [-0.2, 0) is 19.5 Å². The molecule has 0 unspecified atom stereocenters. The van der Waals surface area contributed by atoms with Gasteiger partial charge in [-0.15, -0.1) is 0 Å². The maximum Gasteiger partial charge on any atom is 0.217 e. The molecule has 2 aromatic rings. The Bertz CT molecular complexity index is 839. The Morgan fingerprint density at radius 1 is 1.19 bits per heavy atom. The summed E-state index contributed by atoms with van der Waals surface area (Å²) in [6, 6.07) is 1.49. The maximum atomic E-state index is 13.5. The Kier molecular flexibility index (Phi) is 4.88. The number of aliphatic imine (C=N–C) groups is 1. The molecule has 0 spiro atoms. The van der Waals surface area contributed by atoms with Crippen LogP contribution >= 0.6 is 0 Å². The summed E-state index contributed by atoms with van der Waals surface area (Å²) >= 11 is 0. The summed E-state index contributed by atoms with van der Waals surface area (Å²) in [5.74, 6) is 0.909. The lowest BCUT2D eigenvalue weighted by molar-refractivity contribution is 0.237. The molecule has 0 aromatic carbocycles. The van der Waals surface area contributed by atoms with Crippen molar-refractivity contribution in [2.45, 2.75) is 38.8 Å². The largest absolute Gasteiger partial charge is 0.481 e. The first-order chi connectivity index (χ1) is 12.7. The monoisotopic (exact) mass is 355 g/mol. The van der Waals surface area contributed by atoms with Gasteiger partial charge < -0.3 is 4.74 Å². The van der Waals surface area contributed by atoms with Crippen molar-refractivity contribution >= 4 is 5.71 Å². The van der Waals surface area contributed by atoms with Crippen LogP contribution in [0, 0.1) is 5.82 Å². The molecule has 0 bridgehead atoms. The lowest BCUT2D eigenvalue weighted by Gasteiger charge is -2.28. The van der Waals surface area contributed by atoms with Crippen LogP contribution in [0.5, 0.6) is 5.88 Å². The SMILES string of the molecule is COc1ncc(F)cc1CN1CCc2nc(C3=NCCCC3)ncc2C1. The number of nitrogens with zero attached hydrogens (tertiary/aromatic N) is 5. The third-order valence-corrected chi connectivity index (χ3v) is 4.87. The standard InChI is InChI=1S/C19H22FN5O/c1-26-19-13(8-15(20)10-23-19)11-25-7-5-16-14(12-25)9-22-18(24-16)17-4-2-3-6-21-17/h8-10H,2-7,11-12H2,1H3. The Morgan fingerprint density at radius 3 is 2.92 bits per heavy atom. The summed E-state index contributed by atoms with van der Waals surface area (Å²) in [5.41, 5.74) is 4.02. The highest BCUT2D eigenvalue weighted by Crippen LogP contribution is 2.23. The first-order valence-electron chi connectivity index (χ1n) is 9.02. The first-order valence-corrected chi connectivity index (χ1v) is 9.02. The minimum absolute atomic E-state index is 0.348. The third kappa shape index (κ3) is 3.58. The van der Waals surface area contributed by atoms with E-state index in [1.54, 1.807) is 7.11 Å². The molecule has 0 amide bonds. The molecule has 2 aromatic heterocycles. The van der Waals surface area contributed by atoms with E-state index in [0.717, 1.165) is 73.7 Å². The normalized spacial score (nSPS) is 17.5. The number of fused-ring (bicyclic) bond motifs is 1.